The van der Waals surface area contributed by atoms with Crippen LogP contribution in [0.2, 0.25) is 0 Å². The molecular formula is C52H98CoO6. The average molecular weight is 878 g/mol. The zero-order valence-corrected chi connectivity index (χ0v) is 40.4. The standard InChI is InChI=1S/2C18H34O2.C16H32O2.Co/c2*1-2-3-4-5-6-7-8-9-10-11-12-13-14-15-16-17-18(19)20;1-2-3-4-5-6-7-8-9-10-11-12-13-14-15-16(17)18;/h2*9-10H,2-8,11-17H2,1H3,(H,19,20);2-15H2,1H3,(H,17,18);/q;;;+2/p-2/b2*10-9-;;. The molecule has 7 heteroatoms. The van der Waals surface area contributed by atoms with Gasteiger partial charge in [-0.2, -0.15) is 0 Å². The van der Waals surface area contributed by atoms with E-state index in [1.807, 2.05) is 0 Å². The van der Waals surface area contributed by atoms with Crippen LogP contribution in [0, 0.1) is 0 Å². The van der Waals surface area contributed by atoms with Gasteiger partial charge in [-0.05, 0) is 83.5 Å². The van der Waals surface area contributed by atoms with Gasteiger partial charge in [0.05, 0.1) is 0 Å². The molecular weight excluding hydrogens is 779 g/mol. The zero-order valence-electron chi connectivity index (χ0n) is 39.3. The smallest absolute Gasteiger partial charge is 0.550 e. The topological polar surface area (TPSA) is 118 Å². The Labute approximate surface area is 377 Å². The minimum Gasteiger partial charge on any atom is -0.550 e. The summed E-state index contributed by atoms with van der Waals surface area (Å²) < 4.78 is 0. The van der Waals surface area contributed by atoms with Gasteiger partial charge >= 0.3 is 22.7 Å². The summed E-state index contributed by atoms with van der Waals surface area (Å²) in [5.41, 5.74) is 0. The Morgan fingerprint density at radius 1 is 0.322 bits per heavy atom. The van der Waals surface area contributed by atoms with Crippen LogP contribution in [0.1, 0.15) is 290 Å². The maximum absolute atomic E-state index is 10.3. The van der Waals surface area contributed by atoms with Gasteiger partial charge in [0, 0.05) is 18.4 Å². The summed E-state index contributed by atoms with van der Waals surface area (Å²) in [6, 6.07) is 0. The number of aliphatic carboxylic acids is 3. The van der Waals surface area contributed by atoms with Crippen LogP contribution in [0.3, 0.4) is 0 Å². The van der Waals surface area contributed by atoms with Crippen LogP contribution in [0.15, 0.2) is 24.3 Å². The summed E-state index contributed by atoms with van der Waals surface area (Å²) >= 11 is 0. The van der Waals surface area contributed by atoms with Crippen LogP contribution < -0.4 is 10.2 Å². The van der Waals surface area contributed by atoms with E-state index in [2.05, 4.69) is 45.1 Å². The molecule has 0 aliphatic heterocycles. The molecule has 0 aromatic carbocycles. The molecule has 0 heterocycles. The number of carbonyl (C=O) groups excluding carboxylic acids is 2. The third-order valence-electron chi connectivity index (χ3n) is 10.8. The van der Waals surface area contributed by atoms with Crippen LogP contribution in [0.5, 0.6) is 0 Å². The maximum atomic E-state index is 10.3. The van der Waals surface area contributed by atoms with E-state index in [-0.39, 0.29) is 29.6 Å². The quantitative estimate of drug-likeness (QED) is 0.0481. The van der Waals surface area contributed by atoms with Crippen molar-refractivity contribution in [3.8, 4) is 0 Å². The van der Waals surface area contributed by atoms with Gasteiger partial charge in [-0.1, -0.05) is 225 Å². The average Bonchev–Trinajstić information content (AvgIpc) is 3.20. The molecule has 0 atom stereocenters. The van der Waals surface area contributed by atoms with Crippen molar-refractivity contribution in [3.05, 3.63) is 24.3 Å². The van der Waals surface area contributed by atoms with Crippen molar-refractivity contribution in [1.82, 2.24) is 0 Å². The van der Waals surface area contributed by atoms with Crippen LogP contribution in [-0.2, 0) is 31.2 Å². The van der Waals surface area contributed by atoms with Gasteiger partial charge in [0.1, 0.15) is 0 Å². The first kappa shape index (κ1) is 64.0. The van der Waals surface area contributed by atoms with Crippen LogP contribution in [0.4, 0.5) is 0 Å². The molecule has 59 heavy (non-hydrogen) atoms. The molecule has 1 N–H and O–H groups in total. The van der Waals surface area contributed by atoms with Gasteiger partial charge < -0.3 is 24.9 Å². The normalized spacial score (nSPS) is 10.9. The van der Waals surface area contributed by atoms with Crippen molar-refractivity contribution in [2.45, 2.75) is 290 Å². The molecule has 0 saturated heterocycles. The Bertz CT molecular complexity index is 823. The van der Waals surface area contributed by atoms with Crippen molar-refractivity contribution < 1.29 is 46.5 Å². The van der Waals surface area contributed by atoms with Crippen LogP contribution >= 0.6 is 0 Å². The summed E-state index contributed by atoms with van der Waals surface area (Å²) in [6.45, 7) is 6.77. The number of carboxylic acids is 3. The molecule has 0 aromatic rings. The van der Waals surface area contributed by atoms with E-state index >= 15 is 0 Å². The second-order valence-corrected chi connectivity index (χ2v) is 16.8. The molecule has 351 valence electrons. The summed E-state index contributed by atoms with van der Waals surface area (Å²) in [4.78, 5) is 30.7. The van der Waals surface area contributed by atoms with E-state index in [1.54, 1.807) is 0 Å². The van der Waals surface area contributed by atoms with E-state index in [9.17, 15) is 24.6 Å². The number of carbonyl (C=O) groups is 3. The fraction of sp³-hybridized carbons (Fsp3) is 0.865. The molecule has 6 nitrogen and oxygen atoms in total. The van der Waals surface area contributed by atoms with Gasteiger partial charge in [0.2, 0.25) is 0 Å². The molecule has 0 aliphatic rings. The summed E-state index contributed by atoms with van der Waals surface area (Å²) in [5.74, 6) is -2.48. The minimum atomic E-state index is -0.914. The first-order valence-corrected chi connectivity index (χ1v) is 25.2. The maximum Gasteiger partial charge on any atom is 2.00 e. The number of hydrogen-bond acceptors (Lipinski definition) is 5. The van der Waals surface area contributed by atoms with E-state index in [0.717, 1.165) is 51.4 Å². The van der Waals surface area contributed by atoms with E-state index in [1.165, 1.54) is 199 Å². The Kier molecular flexibility index (Phi) is 65.9. The van der Waals surface area contributed by atoms with E-state index in [4.69, 9.17) is 5.11 Å². The molecule has 1 radical (unpaired) electrons. The Balaban J connectivity index is -0.000000382. The van der Waals surface area contributed by atoms with Crippen molar-refractivity contribution in [2.75, 3.05) is 0 Å². The summed E-state index contributed by atoms with van der Waals surface area (Å²) in [7, 11) is 0. The summed E-state index contributed by atoms with van der Waals surface area (Å²) in [5, 5.41) is 28.9. The van der Waals surface area contributed by atoms with E-state index in [0.29, 0.717) is 6.42 Å². The van der Waals surface area contributed by atoms with Gasteiger partial charge in [-0.3, -0.25) is 4.79 Å². The first-order valence-electron chi connectivity index (χ1n) is 25.2. The van der Waals surface area contributed by atoms with Gasteiger partial charge in [-0.15, -0.1) is 0 Å². The number of unbranched alkanes of at least 4 members (excludes halogenated alkanes) is 34. The van der Waals surface area contributed by atoms with Crippen LogP contribution in [-0.4, -0.2) is 23.0 Å². The van der Waals surface area contributed by atoms with Crippen molar-refractivity contribution in [2.24, 2.45) is 0 Å². The molecule has 0 spiro atoms. The second kappa shape index (κ2) is 60.7. The third kappa shape index (κ3) is 74.3. The number of hydrogen-bond donors (Lipinski definition) is 1. The number of allylic oxidation sites excluding steroid dienone is 4. The van der Waals surface area contributed by atoms with Gasteiger partial charge in [-0.25, -0.2) is 0 Å². The molecule has 0 amide bonds. The third-order valence-corrected chi connectivity index (χ3v) is 10.8. The second-order valence-electron chi connectivity index (χ2n) is 16.8. The molecule has 0 saturated carbocycles. The summed E-state index contributed by atoms with van der Waals surface area (Å²) in [6.07, 6.45) is 59.1. The van der Waals surface area contributed by atoms with Crippen molar-refractivity contribution in [1.29, 1.82) is 0 Å². The number of carboxylic acid groups (broad SMARTS) is 3. The fourth-order valence-corrected chi connectivity index (χ4v) is 6.97. The predicted octanol–water partition coefficient (Wildman–Crippen LogP) is 15.1. The van der Waals surface area contributed by atoms with Gasteiger partial charge in [0.15, 0.2) is 0 Å². The Morgan fingerprint density at radius 2 is 0.508 bits per heavy atom. The molecule has 0 aliphatic carbocycles. The molecule has 0 rings (SSSR count). The fourth-order valence-electron chi connectivity index (χ4n) is 6.97. The molecule has 0 aromatic heterocycles. The van der Waals surface area contributed by atoms with Crippen LogP contribution in [0.25, 0.3) is 0 Å². The van der Waals surface area contributed by atoms with E-state index < -0.39 is 17.9 Å². The SMILES string of the molecule is CCCCCCCC/C=C\CCCCCCCC(=O)[O-].CCCCCCCC/C=C\CCCCCCCC(=O)[O-].CCCCCCCCCCCCCCCC(=O)O.[Co+2]. The van der Waals surface area contributed by atoms with Crippen molar-refractivity contribution >= 4 is 17.9 Å². The van der Waals surface area contributed by atoms with Crippen molar-refractivity contribution in [3.63, 3.8) is 0 Å². The molecule has 0 unspecified atom stereocenters. The zero-order chi connectivity index (χ0) is 43.3. The van der Waals surface area contributed by atoms with Gasteiger partial charge in [0.25, 0.3) is 0 Å². The molecule has 0 fully saturated rings. The first-order chi connectivity index (χ1) is 28.3. The largest absolute Gasteiger partial charge is 2.00 e. The number of rotatable bonds is 44. The Morgan fingerprint density at radius 3 is 0.712 bits per heavy atom. The molecule has 0 bridgehead atoms. The predicted molar refractivity (Wildman–Crippen MR) is 247 cm³/mol. The monoisotopic (exact) mass is 878 g/mol. The Hall–Kier alpha value is -1.60. The minimum absolute atomic E-state index is 0.